The zero-order chi connectivity index (χ0) is 17.7. The smallest absolute Gasteiger partial charge is 0.478 e. The van der Waals surface area contributed by atoms with Crippen LogP contribution in [0.4, 0.5) is 13.2 Å². The van der Waals surface area contributed by atoms with Gasteiger partial charge in [-0.05, 0) is 24.3 Å². The Kier molecular flexibility index (Phi) is 3.44. The molecule has 6 nitrogen and oxygen atoms in total. The van der Waals surface area contributed by atoms with E-state index < -0.39 is 27.3 Å². The number of fused-ring (bicyclic) bond motifs is 3. The van der Waals surface area contributed by atoms with Gasteiger partial charge < -0.3 is 13.7 Å². The van der Waals surface area contributed by atoms with Crippen LogP contribution in [0.1, 0.15) is 10.4 Å². The second-order valence-electron chi connectivity index (χ2n) is 4.77. The quantitative estimate of drug-likeness (QED) is 0.574. The van der Waals surface area contributed by atoms with E-state index in [0.717, 1.165) is 6.07 Å². The van der Waals surface area contributed by atoms with Crippen molar-refractivity contribution in [1.82, 2.24) is 4.40 Å². The number of aromatic nitrogens is 1. The Labute approximate surface area is 132 Å². The molecule has 0 aliphatic heterocycles. The number of nitrogens with zero attached hydrogens (tertiary/aromatic N) is 1. The Hall–Kier alpha value is -2.75. The minimum atomic E-state index is -5.92. The third kappa shape index (κ3) is 2.35. The molecule has 0 spiro atoms. The van der Waals surface area contributed by atoms with Gasteiger partial charge in [0.1, 0.15) is 0 Å². The molecule has 1 N–H and O–H groups in total. The van der Waals surface area contributed by atoms with Crippen molar-refractivity contribution in [3.63, 3.8) is 0 Å². The molecule has 24 heavy (non-hydrogen) atoms. The van der Waals surface area contributed by atoms with Crippen LogP contribution in [0.2, 0.25) is 0 Å². The summed E-state index contributed by atoms with van der Waals surface area (Å²) < 4.78 is 65.8. The average molecular weight is 359 g/mol. The molecule has 0 atom stereocenters. The van der Waals surface area contributed by atoms with E-state index >= 15 is 0 Å². The lowest BCUT2D eigenvalue weighted by molar-refractivity contribution is -0.0499. The van der Waals surface area contributed by atoms with E-state index in [1.807, 2.05) is 0 Å². The number of carboxylic acids is 1. The molecule has 2 aromatic heterocycles. The number of benzene rings is 1. The van der Waals surface area contributed by atoms with Crippen LogP contribution in [0, 0.1) is 0 Å². The van der Waals surface area contributed by atoms with Crippen molar-refractivity contribution < 1.29 is 35.7 Å². The first-order valence-corrected chi connectivity index (χ1v) is 7.80. The SMILES string of the molecule is O=C(O)c1c2c(OS(=O)(=O)C(F)(F)F)cccc2n2ccccc12. The van der Waals surface area contributed by atoms with E-state index in [1.165, 1.54) is 28.8 Å². The van der Waals surface area contributed by atoms with Crippen LogP contribution in [0.5, 0.6) is 5.75 Å². The van der Waals surface area contributed by atoms with E-state index in [2.05, 4.69) is 4.18 Å². The van der Waals surface area contributed by atoms with Crippen molar-refractivity contribution in [3.05, 3.63) is 48.2 Å². The van der Waals surface area contributed by atoms with Crippen LogP contribution < -0.4 is 4.18 Å². The lowest BCUT2D eigenvalue weighted by Gasteiger charge is -2.10. The standard InChI is InChI=1S/C14H8F3NO5S/c15-14(16,17)24(21,22)23-10-6-3-5-8-11(10)12(13(19)20)9-4-1-2-7-18(8)9/h1-7H,(H,19,20). The number of carbonyl (C=O) groups is 1. The summed E-state index contributed by atoms with van der Waals surface area (Å²) in [6.45, 7) is 0. The normalized spacial score (nSPS) is 12.6. The maximum Gasteiger partial charge on any atom is 0.534 e. The first kappa shape index (κ1) is 16.1. The minimum absolute atomic E-state index is 0.195. The Balaban J connectivity index is 2.37. The van der Waals surface area contributed by atoms with E-state index in [0.29, 0.717) is 0 Å². The van der Waals surface area contributed by atoms with Gasteiger partial charge in [0.2, 0.25) is 0 Å². The Bertz CT molecular complexity index is 1070. The molecule has 10 heteroatoms. The fourth-order valence-corrected chi connectivity index (χ4v) is 2.88. The summed E-state index contributed by atoms with van der Waals surface area (Å²) in [5.74, 6) is -2.12. The first-order valence-electron chi connectivity index (χ1n) is 6.39. The van der Waals surface area contributed by atoms with Crippen LogP contribution in [0.25, 0.3) is 16.4 Å². The van der Waals surface area contributed by atoms with Crippen LogP contribution >= 0.6 is 0 Å². The maximum atomic E-state index is 12.5. The monoisotopic (exact) mass is 359 g/mol. The van der Waals surface area contributed by atoms with Crippen LogP contribution in [0.3, 0.4) is 0 Å². The van der Waals surface area contributed by atoms with Gasteiger partial charge >= 0.3 is 21.6 Å². The largest absolute Gasteiger partial charge is 0.534 e. The molecule has 0 unspecified atom stereocenters. The topological polar surface area (TPSA) is 85.1 Å². The Morgan fingerprint density at radius 3 is 2.38 bits per heavy atom. The highest BCUT2D eigenvalue weighted by Crippen LogP contribution is 2.36. The van der Waals surface area contributed by atoms with Crippen molar-refractivity contribution in [2.75, 3.05) is 0 Å². The summed E-state index contributed by atoms with van der Waals surface area (Å²) in [6.07, 6.45) is 1.51. The van der Waals surface area contributed by atoms with E-state index in [-0.39, 0.29) is 22.0 Å². The predicted molar refractivity (Wildman–Crippen MR) is 77.5 cm³/mol. The van der Waals surface area contributed by atoms with Crippen LogP contribution in [-0.2, 0) is 10.1 Å². The second-order valence-corrected chi connectivity index (χ2v) is 6.31. The first-order chi connectivity index (χ1) is 11.1. The van der Waals surface area contributed by atoms with Gasteiger partial charge in [-0.25, -0.2) is 4.79 Å². The van der Waals surface area contributed by atoms with Crippen molar-refractivity contribution in [2.24, 2.45) is 0 Å². The Morgan fingerprint density at radius 2 is 1.75 bits per heavy atom. The lowest BCUT2D eigenvalue weighted by Crippen LogP contribution is -2.28. The number of carboxylic acid groups (broad SMARTS) is 1. The zero-order valence-corrected chi connectivity index (χ0v) is 12.4. The van der Waals surface area contributed by atoms with E-state index in [9.17, 15) is 31.5 Å². The molecule has 0 fully saturated rings. The second kappa shape index (κ2) is 5.13. The number of halogens is 3. The summed E-state index contributed by atoms with van der Waals surface area (Å²) in [6, 6.07) is 8.28. The highest BCUT2D eigenvalue weighted by Gasteiger charge is 2.49. The molecule has 126 valence electrons. The van der Waals surface area contributed by atoms with Crippen LogP contribution in [0.15, 0.2) is 42.6 Å². The van der Waals surface area contributed by atoms with Crippen molar-refractivity contribution in [1.29, 1.82) is 0 Å². The summed E-state index contributed by atoms with van der Waals surface area (Å²) in [5, 5.41) is 9.18. The summed E-state index contributed by atoms with van der Waals surface area (Å²) in [5.41, 5.74) is -5.57. The van der Waals surface area contributed by atoms with Gasteiger partial charge in [-0.1, -0.05) is 12.1 Å². The maximum absolute atomic E-state index is 12.5. The number of pyridine rings is 1. The molecule has 0 saturated carbocycles. The van der Waals surface area contributed by atoms with Gasteiger partial charge in [-0.3, -0.25) is 0 Å². The number of hydrogen-bond acceptors (Lipinski definition) is 4. The lowest BCUT2D eigenvalue weighted by atomic mass is 10.1. The molecule has 0 bridgehead atoms. The average Bonchev–Trinajstić information content (AvgIpc) is 2.81. The highest BCUT2D eigenvalue weighted by atomic mass is 32.2. The summed E-state index contributed by atoms with van der Waals surface area (Å²) >= 11 is 0. The molecule has 3 aromatic rings. The summed E-state index contributed by atoms with van der Waals surface area (Å²) in [7, 11) is -5.92. The number of hydrogen-bond donors (Lipinski definition) is 1. The number of alkyl halides is 3. The van der Waals surface area contributed by atoms with Gasteiger partial charge in [0, 0.05) is 6.20 Å². The number of rotatable bonds is 3. The molecular weight excluding hydrogens is 351 g/mol. The molecule has 2 heterocycles. The highest BCUT2D eigenvalue weighted by molar-refractivity contribution is 7.88. The van der Waals surface area contributed by atoms with Crippen molar-refractivity contribution >= 4 is 32.5 Å². The van der Waals surface area contributed by atoms with Crippen molar-refractivity contribution in [2.45, 2.75) is 5.51 Å². The molecule has 3 rings (SSSR count). The van der Waals surface area contributed by atoms with Gasteiger partial charge in [0.25, 0.3) is 0 Å². The minimum Gasteiger partial charge on any atom is -0.478 e. The van der Waals surface area contributed by atoms with Crippen LogP contribution in [-0.4, -0.2) is 29.4 Å². The van der Waals surface area contributed by atoms with E-state index in [4.69, 9.17) is 0 Å². The van der Waals surface area contributed by atoms with Gasteiger partial charge in [-0.15, -0.1) is 0 Å². The van der Waals surface area contributed by atoms with Gasteiger partial charge in [0.15, 0.2) is 5.75 Å². The molecular formula is C14H8F3NO5S. The third-order valence-corrected chi connectivity index (χ3v) is 4.29. The Morgan fingerprint density at radius 1 is 1.08 bits per heavy atom. The number of aromatic carboxylic acids is 1. The fourth-order valence-electron chi connectivity index (χ4n) is 2.41. The molecule has 0 saturated heterocycles. The third-order valence-electron chi connectivity index (χ3n) is 3.33. The predicted octanol–water partition coefficient (Wildman–Crippen LogP) is 3.02. The fraction of sp³-hybridized carbons (Fsp3) is 0.0714. The summed E-state index contributed by atoms with van der Waals surface area (Å²) in [4.78, 5) is 11.6. The van der Waals surface area contributed by atoms with Gasteiger partial charge in [-0.2, -0.15) is 21.6 Å². The molecule has 1 aromatic carbocycles. The molecule has 0 aliphatic carbocycles. The van der Waals surface area contributed by atoms with Gasteiger partial charge in [0.05, 0.1) is 22.0 Å². The molecule has 0 aliphatic rings. The molecule has 0 amide bonds. The molecule has 0 radical (unpaired) electrons. The zero-order valence-electron chi connectivity index (χ0n) is 11.6. The van der Waals surface area contributed by atoms with Crippen molar-refractivity contribution in [3.8, 4) is 5.75 Å². The van der Waals surface area contributed by atoms with E-state index in [1.54, 1.807) is 12.1 Å².